The highest BCUT2D eigenvalue weighted by Crippen LogP contribution is 2.37. The SMILES string of the molecule is CCCCOc1c(-c2nc3ccccc3c(=O)[nH]2)cc(F)c2ccccc12. The van der Waals surface area contributed by atoms with Gasteiger partial charge in [-0.1, -0.05) is 49.7 Å². The van der Waals surface area contributed by atoms with Gasteiger partial charge in [-0.3, -0.25) is 4.79 Å². The van der Waals surface area contributed by atoms with E-state index in [2.05, 4.69) is 16.9 Å². The molecular formula is C22H19FN2O2. The van der Waals surface area contributed by atoms with Gasteiger partial charge in [-0.2, -0.15) is 0 Å². The van der Waals surface area contributed by atoms with Crippen molar-refractivity contribution >= 4 is 21.7 Å². The van der Waals surface area contributed by atoms with Gasteiger partial charge >= 0.3 is 0 Å². The molecule has 0 saturated carbocycles. The fraction of sp³-hybridized carbons (Fsp3) is 0.182. The summed E-state index contributed by atoms with van der Waals surface area (Å²) >= 11 is 0. The Hall–Kier alpha value is -3.21. The number of hydrogen-bond acceptors (Lipinski definition) is 3. The van der Waals surface area contributed by atoms with Gasteiger partial charge in [0.15, 0.2) is 0 Å². The van der Waals surface area contributed by atoms with Crippen molar-refractivity contribution in [2.24, 2.45) is 0 Å². The van der Waals surface area contributed by atoms with Crippen LogP contribution in [0.1, 0.15) is 19.8 Å². The maximum absolute atomic E-state index is 14.7. The lowest BCUT2D eigenvalue weighted by Crippen LogP contribution is -2.10. The number of aromatic amines is 1. The van der Waals surface area contributed by atoms with Crippen molar-refractivity contribution in [3.63, 3.8) is 0 Å². The zero-order valence-electron chi connectivity index (χ0n) is 15.0. The van der Waals surface area contributed by atoms with E-state index < -0.39 is 0 Å². The molecule has 4 rings (SSSR count). The summed E-state index contributed by atoms with van der Waals surface area (Å²) in [6.45, 7) is 2.59. The molecule has 136 valence electrons. The Bertz CT molecular complexity index is 1180. The zero-order chi connectivity index (χ0) is 18.8. The number of nitrogens with zero attached hydrogens (tertiary/aromatic N) is 1. The Morgan fingerprint density at radius 3 is 2.52 bits per heavy atom. The van der Waals surface area contributed by atoms with Crippen LogP contribution >= 0.6 is 0 Å². The molecule has 0 amide bonds. The first-order valence-corrected chi connectivity index (χ1v) is 9.02. The van der Waals surface area contributed by atoms with Crippen LogP contribution in [0, 0.1) is 5.82 Å². The van der Waals surface area contributed by atoms with Gasteiger partial charge < -0.3 is 9.72 Å². The van der Waals surface area contributed by atoms with Crippen molar-refractivity contribution < 1.29 is 9.13 Å². The Kier molecular flexibility index (Phi) is 4.59. The highest BCUT2D eigenvalue weighted by molar-refractivity contribution is 5.95. The summed E-state index contributed by atoms with van der Waals surface area (Å²) in [5.74, 6) is 0.466. The molecule has 0 bridgehead atoms. The zero-order valence-corrected chi connectivity index (χ0v) is 15.0. The molecule has 27 heavy (non-hydrogen) atoms. The van der Waals surface area contributed by atoms with Gasteiger partial charge in [0, 0.05) is 10.8 Å². The summed E-state index contributed by atoms with van der Waals surface area (Å²) < 4.78 is 20.8. The Labute approximate surface area is 155 Å². The van der Waals surface area contributed by atoms with Crippen LogP contribution in [0.5, 0.6) is 5.75 Å². The molecule has 0 aliphatic carbocycles. The van der Waals surface area contributed by atoms with E-state index in [1.54, 1.807) is 30.3 Å². The van der Waals surface area contributed by atoms with Crippen LogP contribution in [-0.2, 0) is 0 Å². The van der Waals surface area contributed by atoms with Crippen molar-refractivity contribution in [2.45, 2.75) is 19.8 Å². The van der Waals surface area contributed by atoms with Crippen LogP contribution in [0.2, 0.25) is 0 Å². The second-order valence-electron chi connectivity index (χ2n) is 6.41. The first kappa shape index (κ1) is 17.2. The van der Waals surface area contributed by atoms with Gasteiger partial charge in [0.1, 0.15) is 17.4 Å². The van der Waals surface area contributed by atoms with Crippen LogP contribution in [-0.4, -0.2) is 16.6 Å². The number of aromatic nitrogens is 2. The van der Waals surface area contributed by atoms with E-state index in [1.807, 2.05) is 18.2 Å². The van der Waals surface area contributed by atoms with Crippen LogP contribution in [0.15, 0.2) is 59.4 Å². The number of ether oxygens (including phenoxy) is 1. The van der Waals surface area contributed by atoms with Crippen LogP contribution < -0.4 is 10.3 Å². The molecule has 1 aromatic heterocycles. The third kappa shape index (κ3) is 3.16. The van der Waals surface area contributed by atoms with Crippen molar-refractivity contribution in [3.8, 4) is 17.1 Å². The van der Waals surface area contributed by atoms with E-state index in [0.29, 0.717) is 45.4 Å². The normalized spacial score (nSPS) is 11.2. The minimum absolute atomic E-state index is 0.260. The molecule has 0 saturated heterocycles. The number of halogens is 1. The highest BCUT2D eigenvalue weighted by Gasteiger charge is 2.17. The average Bonchev–Trinajstić information content (AvgIpc) is 2.69. The number of fused-ring (bicyclic) bond motifs is 2. The number of H-pyrrole nitrogens is 1. The van der Waals surface area contributed by atoms with Gasteiger partial charge in [-0.15, -0.1) is 0 Å². The monoisotopic (exact) mass is 362 g/mol. The van der Waals surface area contributed by atoms with E-state index in [-0.39, 0.29) is 11.4 Å². The number of nitrogens with one attached hydrogen (secondary N) is 1. The van der Waals surface area contributed by atoms with Crippen LogP contribution in [0.3, 0.4) is 0 Å². The summed E-state index contributed by atoms with van der Waals surface area (Å²) in [5, 5.41) is 1.64. The molecule has 4 aromatic rings. The predicted octanol–water partition coefficient (Wildman–Crippen LogP) is 5.06. The number of para-hydroxylation sites is 1. The fourth-order valence-electron chi connectivity index (χ4n) is 3.17. The fourth-order valence-corrected chi connectivity index (χ4v) is 3.17. The van der Waals surface area contributed by atoms with E-state index in [0.717, 1.165) is 12.8 Å². The Balaban J connectivity index is 1.98. The van der Waals surface area contributed by atoms with Crippen molar-refractivity contribution in [3.05, 3.63) is 70.8 Å². The van der Waals surface area contributed by atoms with E-state index in [9.17, 15) is 9.18 Å². The lowest BCUT2D eigenvalue weighted by atomic mass is 10.0. The molecular weight excluding hydrogens is 343 g/mol. The molecule has 0 aliphatic rings. The number of unbranched alkanes of at least 4 members (excludes halogenated alkanes) is 1. The molecule has 0 spiro atoms. The van der Waals surface area contributed by atoms with Gasteiger partial charge in [0.2, 0.25) is 0 Å². The standard InChI is InChI=1S/C22H19FN2O2/c1-2-3-12-27-20-15-9-5-4-8-14(15)18(23)13-17(20)21-24-19-11-7-6-10-16(19)22(26)25-21/h4-11,13H,2-3,12H2,1H3,(H,24,25,26). The lowest BCUT2D eigenvalue weighted by Gasteiger charge is -2.15. The third-order valence-corrected chi connectivity index (χ3v) is 4.56. The van der Waals surface area contributed by atoms with Gasteiger partial charge in [-0.05, 0) is 24.6 Å². The minimum atomic E-state index is -0.376. The molecule has 1 heterocycles. The van der Waals surface area contributed by atoms with Crippen molar-refractivity contribution in [1.29, 1.82) is 0 Å². The minimum Gasteiger partial charge on any atom is -0.492 e. The molecule has 0 fully saturated rings. The molecule has 0 aliphatic heterocycles. The first-order valence-electron chi connectivity index (χ1n) is 9.02. The molecule has 3 aromatic carbocycles. The molecule has 1 N–H and O–H groups in total. The summed E-state index contributed by atoms with van der Waals surface area (Å²) in [4.78, 5) is 19.8. The van der Waals surface area contributed by atoms with Crippen LogP contribution in [0.4, 0.5) is 4.39 Å². The van der Waals surface area contributed by atoms with Gasteiger partial charge in [-0.25, -0.2) is 9.37 Å². The van der Waals surface area contributed by atoms with Gasteiger partial charge in [0.25, 0.3) is 5.56 Å². The third-order valence-electron chi connectivity index (χ3n) is 4.56. The number of hydrogen-bond donors (Lipinski definition) is 1. The smallest absolute Gasteiger partial charge is 0.259 e. The number of benzene rings is 3. The highest BCUT2D eigenvalue weighted by atomic mass is 19.1. The molecule has 5 heteroatoms. The largest absolute Gasteiger partial charge is 0.492 e. The molecule has 0 radical (unpaired) electrons. The lowest BCUT2D eigenvalue weighted by molar-refractivity contribution is 0.313. The Morgan fingerprint density at radius 1 is 1.04 bits per heavy atom. The van der Waals surface area contributed by atoms with E-state index in [1.165, 1.54) is 6.07 Å². The second-order valence-corrected chi connectivity index (χ2v) is 6.41. The van der Waals surface area contributed by atoms with E-state index in [4.69, 9.17) is 4.74 Å². The second kappa shape index (κ2) is 7.19. The van der Waals surface area contributed by atoms with Crippen molar-refractivity contribution in [2.75, 3.05) is 6.61 Å². The van der Waals surface area contributed by atoms with Gasteiger partial charge in [0.05, 0.1) is 23.1 Å². The summed E-state index contributed by atoms with van der Waals surface area (Å²) in [5.41, 5.74) is 0.748. The molecule has 0 unspecified atom stereocenters. The van der Waals surface area contributed by atoms with E-state index >= 15 is 0 Å². The maximum atomic E-state index is 14.7. The topological polar surface area (TPSA) is 55.0 Å². The average molecular weight is 362 g/mol. The maximum Gasteiger partial charge on any atom is 0.259 e. The quantitative estimate of drug-likeness (QED) is 0.505. The molecule has 4 nitrogen and oxygen atoms in total. The first-order chi connectivity index (χ1) is 13.2. The number of rotatable bonds is 5. The molecule has 0 atom stereocenters. The summed E-state index contributed by atoms with van der Waals surface area (Å²) in [6.07, 6.45) is 1.87. The Morgan fingerprint density at radius 2 is 1.74 bits per heavy atom. The van der Waals surface area contributed by atoms with Crippen molar-refractivity contribution in [1.82, 2.24) is 9.97 Å². The summed E-state index contributed by atoms with van der Waals surface area (Å²) in [6, 6.07) is 15.6. The predicted molar refractivity (Wildman–Crippen MR) is 106 cm³/mol. The summed E-state index contributed by atoms with van der Waals surface area (Å²) in [7, 11) is 0. The van der Waals surface area contributed by atoms with Crippen LogP contribution in [0.25, 0.3) is 33.1 Å².